The van der Waals surface area contributed by atoms with Crippen LogP contribution >= 0.6 is 0 Å². The Bertz CT molecular complexity index is 1710. The van der Waals surface area contributed by atoms with Gasteiger partial charge in [-0.2, -0.15) is 0 Å². The van der Waals surface area contributed by atoms with E-state index in [1.165, 1.54) is 103 Å². The molecule has 0 rings (SSSR count). The second-order valence-corrected chi connectivity index (χ2v) is 19.2. The number of unbranched alkanes of at least 4 members (excludes halogenated alkanes) is 17. The van der Waals surface area contributed by atoms with Crippen LogP contribution in [0.4, 0.5) is 0 Å². The van der Waals surface area contributed by atoms with Crippen molar-refractivity contribution >= 4 is 17.9 Å². The predicted molar refractivity (Wildman–Crippen MR) is 325 cm³/mol. The minimum atomic E-state index is -0.881. The summed E-state index contributed by atoms with van der Waals surface area (Å²) in [6.45, 7) is 6.21. The Balaban J connectivity index is 4.46. The quantitative estimate of drug-likeness (QED) is 0.0261. The largest absolute Gasteiger partial charge is 0.462 e. The van der Waals surface area contributed by atoms with Gasteiger partial charge in [0.25, 0.3) is 0 Å². The average Bonchev–Trinajstić information content (AvgIpc) is 3.41. The van der Waals surface area contributed by atoms with Crippen LogP contribution in [0, 0.1) is 0 Å². The molecule has 0 aromatic heterocycles. The lowest BCUT2D eigenvalue weighted by molar-refractivity contribution is -0.166. The third-order valence-electron chi connectivity index (χ3n) is 12.1. The summed E-state index contributed by atoms with van der Waals surface area (Å²) >= 11 is 0. The van der Waals surface area contributed by atoms with Crippen molar-refractivity contribution in [3.8, 4) is 0 Å². The van der Waals surface area contributed by atoms with Gasteiger partial charge < -0.3 is 14.2 Å². The highest BCUT2D eigenvalue weighted by molar-refractivity contribution is 5.72. The normalized spacial score (nSPS) is 13.3. The molecule has 1 atom stereocenters. The fourth-order valence-corrected chi connectivity index (χ4v) is 7.66. The number of esters is 3. The van der Waals surface area contributed by atoms with E-state index in [0.29, 0.717) is 19.3 Å². The fraction of sp³-hybridized carbons (Fsp3) is 0.580. The minimum absolute atomic E-state index is 0.0702. The van der Waals surface area contributed by atoms with Gasteiger partial charge >= 0.3 is 17.9 Å². The van der Waals surface area contributed by atoms with E-state index in [1.807, 2.05) is 12.2 Å². The van der Waals surface area contributed by atoms with E-state index in [-0.39, 0.29) is 32.0 Å². The van der Waals surface area contributed by atoms with Gasteiger partial charge in [-0.05, 0) is 109 Å². The van der Waals surface area contributed by atoms with Gasteiger partial charge in [0.1, 0.15) is 13.2 Å². The molecule has 6 heteroatoms. The molecule has 0 spiro atoms. The standard InChI is InChI=1S/C69H108O6/c1-4-7-10-13-16-19-22-25-28-29-30-31-32-33-34-35-36-37-38-39-42-44-47-50-53-56-59-62-68(71)74-65-66(75-69(72)63-60-57-54-51-48-45-41-27-24-21-18-15-12-9-6-3)64-73-67(70)61-58-55-52-49-46-43-40-26-23-20-17-14-11-8-5-2/h8-9,11-12,17-18,20-22,25-27,29-30,32-33,40-41,46,48-49,51,55,57-58,60,66H,4-7,10,13-16,19,23-24,28,31,34-39,42-45,47,50,52-54,56,59,61-65H2,1-3H3/b11-8-,12-9-,20-17-,21-18-,25-22-,30-29-,33-32-,40-26-,41-27-,49-46-,51-48-,58-55-,60-57-. The maximum Gasteiger partial charge on any atom is 0.310 e. The second-order valence-electron chi connectivity index (χ2n) is 19.2. The van der Waals surface area contributed by atoms with E-state index in [9.17, 15) is 14.4 Å². The van der Waals surface area contributed by atoms with E-state index >= 15 is 0 Å². The van der Waals surface area contributed by atoms with Crippen molar-refractivity contribution in [1.29, 1.82) is 0 Å². The lowest BCUT2D eigenvalue weighted by Gasteiger charge is -2.17. The third-order valence-corrected chi connectivity index (χ3v) is 12.1. The smallest absolute Gasteiger partial charge is 0.310 e. The van der Waals surface area contributed by atoms with Crippen LogP contribution in [0.3, 0.4) is 0 Å². The number of ether oxygens (including phenoxy) is 3. The van der Waals surface area contributed by atoms with Crippen molar-refractivity contribution < 1.29 is 28.6 Å². The molecular weight excluding hydrogens is 925 g/mol. The zero-order valence-corrected chi connectivity index (χ0v) is 48.0. The number of hydrogen-bond donors (Lipinski definition) is 0. The summed E-state index contributed by atoms with van der Waals surface area (Å²) in [6.07, 6.45) is 90.2. The van der Waals surface area contributed by atoms with Gasteiger partial charge in [0.05, 0.1) is 12.8 Å². The first-order valence-electron chi connectivity index (χ1n) is 30.0. The van der Waals surface area contributed by atoms with Crippen molar-refractivity contribution in [3.63, 3.8) is 0 Å². The molecule has 0 saturated heterocycles. The van der Waals surface area contributed by atoms with Gasteiger partial charge in [-0.25, -0.2) is 0 Å². The summed E-state index contributed by atoms with van der Waals surface area (Å²) in [4.78, 5) is 38.1. The maximum absolute atomic E-state index is 12.8. The molecule has 0 fully saturated rings. The molecule has 75 heavy (non-hydrogen) atoms. The Morgan fingerprint density at radius 1 is 0.293 bits per heavy atom. The molecule has 1 unspecified atom stereocenters. The summed E-state index contributed by atoms with van der Waals surface area (Å²) in [7, 11) is 0. The van der Waals surface area contributed by atoms with Crippen LogP contribution in [0.25, 0.3) is 0 Å². The Morgan fingerprint density at radius 2 is 0.573 bits per heavy atom. The number of hydrogen-bond acceptors (Lipinski definition) is 6. The molecule has 0 radical (unpaired) electrons. The zero-order chi connectivity index (χ0) is 54.3. The number of allylic oxidation sites excluding steroid dienone is 24. The lowest BCUT2D eigenvalue weighted by atomic mass is 10.0. The molecule has 0 heterocycles. The average molecular weight is 1030 g/mol. The van der Waals surface area contributed by atoms with Crippen LogP contribution in [0.1, 0.15) is 239 Å². The number of carbonyl (C=O) groups is 3. The highest BCUT2D eigenvalue weighted by atomic mass is 16.6. The Kier molecular flexibility index (Phi) is 57.5. The van der Waals surface area contributed by atoms with E-state index < -0.39 is 18.0 Å². The molecule has 0 N–H and O–H groups in total. The highest BCUT2D eigenvalue weighted by Gasteiger charge is 2.19. The number of rotatable bonds is 52. The molecule has 0 aliphatic rings. The molecular formula is C69H108O6. The highest BCUT2D eigenvalue weighted by Crippen LogP contribution is 2.14. The molecule has 0 aromatic rings. The van der Waals surface area contributed by atoms with Crippen molar-refractivity contribution in [2.45, 2.75) is 245 Å². The van der Waals surface area contributed by atoms with Gasteiger partial charge in [-0.1, -0.05) is 269 Å². The van der Waals surface area contributed by atoms with Gasteiger partial charge in [0, 0.05) is 6.42 Å². The summed E-state index contributed by atoms with van der Waals surface area (Å²) in [5, 5.41) is 0. The van der Waals surface area contributed by atoms with Crippen LogP contribution in [-0.2, 0) is 28.6 Å². The second kappa shape index (κ2) is 61.6. The topological polar surface area (TPSA) is 78.9 Å². The Hall–Kier alpha value is -4.97. The van der Waals surface area contributed by atoms with Gasteiger partial charge in [-0.3, -0.25) is 14.4 Å². The van der Waals surface area contributed by atoms with Gasteiger partial charge in [0.2, 0.25) is 0 Å². The first-order valence-corrected chi connectivity index (χ1v) is 30.0. The summed E-state index contributed by atoms with van der Waals surface area (Å²) in [5.74, 6) is -1.23. The lowest BCUT2D eigenvalue weighted by Crippen LogP contribution is -2.30. The van der Waals surface area contributed by atoms with Crippen molar-refractivity contribution in [1.82, 2.24) is 0 Å². The van der Waals surface area contributed by atoms with Crippen LogP contribution in [-0.4, -0.2) is 37.2 Å². The first kappa shape index (κ1) is 70.0. The number of carbonyl (C=O) groups excluding carboxylic acids is 3. The Morgan fingerprint density at radius 3 is 0.933 bits per heavy atom. The molecule has 420 valence electrons. The predicted octanol–water partition coefficient (Wildman–Crippen LogP) is 20.5. The van der Waals surface area contributed by atoms with Crippen molar-refractivity contribution in [2.24, 2.45) is 0 Å². The van der Waals surface area contributed by atoms with E-state index in [0.717, 1.165) is 83.5 Å². The van der Waals surface area contributed by atoms with E-state index in [4.69, 9.17) is 14.2 Å². The van der Waals surface area contributed by atoms with E-state index in [2.05, 4.69) is 154 Å². The molecule has 0 saturated carbocycles. The van der Waals surface area contributed by atoms with Crippen molar-refractivity contribution in [3.05, 3.63) is 158 Å². The van der Waals surface area contributed by atoms with Gasteiger partial charge in [-0.15, -0.1) is 0 Å². The maximum atomic E-state index is 12.8. The molecule has 0 amide bonds. The van der Waals surface area contributed by atoms with Crippen LogP contribution in [0.2, 0.25) is 0 Å². The molecule has 0 aromatic carbocycles. The zero-order valence-electron chi connectivity index (χ0n) is 48.0. The molecule has 0 bridgehead atoms. The fourth-order valence-electron chi connectivity index (χ4n) is 7.66. The Labute approximate surface area is 460 Å². The van der Waals surface area contributed by atoms with Crippen molar-refractivity contribution in [2.75, 3.05) is 13.2 Å². The van der Waals surface area contributed by atoms with Gasteiger partial charge in [0.15, 0.2) is 6.10 Å². The molecule has 0 aliphatic heterocycles. The van der Waals surface area contributed by atoms with E-state index in [1.54, 1.807) is 12.2 Å². The summed E-state index contributed by atoms with van der Waals surface area (Å²) in [6, 6.07) is 0. The first-order chi connectivity index (χ1) is 37.0. The summed E-state index contributed by atoms with van der Waals surface area (Å²) < 4.78 is 16.6. The molecule has 6 nitrogen and oxygen atoms in total. The molecule has 0 aliphatic carbocycles. The monoisotopic (exact) mass is 1030 g/mol. The van der Waals surface area contributed by atoms with Crippen LogP contribution in [0.15, 0.2) is 158 Å². The van der Waals surface area contributed by atoms with Crippen LogP contribution < -0.4 is 0 Å². The van der Waals surface area contributed by atoms with Crippen LogP contribution in [0.5, 0.6) is 0 Å². The minimum Gasteiger partial charge on any atom is -0.462 e. The summed E-state index contributed by atoms with van der Waals surface area (Å²) in [5.41, 5.74) is 0. The SMILES string of the molecule is CC/C=C\C/C=C\C/C=C\C/C=C\C/C=C\CC(=O)OCC(COC(=O)CCCCCCCCCCCCCC/C=C\C/C=C\C/C=C\CCCCCCC)OC(=O)C/C=C\C/C=C\C/C=C\C/C=C\C/C=C\CC. The third kappa shape index (κ3) is 59.8.